The number of nitrogens with zero attached hydrogens (tertiary/aromatic N) is 6. The highest BCUT2D eigenvalue weighted by molar-refractivity contribution is 5.89. The average Bonchev–Trinajstić information content (AvgIpc) is 4.09. The zero-order valence-electron chi connectivity index (χ0n) is 46.0. The summed E-state index contributed by atoms with van der Waals surface area (Å²) < 4.78 is 66.0. The SMILES string of the molecule is CCCOCCOCCOCCn1cc(-c2ccc(NC(=O)N3CCC(N4CCN(Cc5ccccc5)C4=O)CC3)cc2)nn1.CNC(=O)CCOCCOCCOCCOCCOCCOCCOCCOCCOC. The van der Waals surface area contributed by atoms with Gasteiger partial charge in [0.2, 0.25) is 5.91 Å². The maximum Gasteiger partial charge on any atom is 0.321 e. The number of hydrogen-bond donors (Lipinski definition) is 2. The number of rotatable bonds is 43. The number of amides is 5. The Kier molecular flexibility index (Phi) is 36.1. The second kappa shape index (κ2) is 43.0. The molecule has 0 unspecified atom stereocenters. The largest absolute Gasteiger partial charge is 0.382 e. The summed E-state index contributed by atoms with van der Waals surface area (Å²) in [7, 11) is 3.25. The molecule has 0 bridgehead atoms. The standard InChI is InChI=1S/C33H45N7O5.C21H43NO10/c1-2-19-43-21-23-45-24-22-44-20-18-39-26-31(35-36-39)28-8-10-29(11-9-28)34-32(41)37-14-12-30(13-15-37)40-17-16-38(33(40)42)25-27-6-4-3-5-7-27;1-22-21(23)3-4-25-7-8-27-11-12-29-15-16-31-19-20-32-18-17-30-14-13-28-10-9-26-6-5-24-2/h3-11,26,30H,2,12-25H2,1H3,(H,34,41);3-20H2,1-2H3,(H,22,23). The van der Waals surface area contributed by atoms with Gasteiger partial charge in [-0.1, -0.05) is 54.6 Å². The van der Waals surface area contributed by atoms with E-state index in [1.54, 1.807) is 18.8 Å². The quantitative estimate of drug-likeness (QED) is 0.0756. The van der Waals surface area contributed by atoms with Crippen LogP contribution < -0.4 is 10.6 Å². The number of carbonyl (C=O) groups excluding carboxylic acids is 3. The van der Waals surface area contributed by atoms with Gasteiger partial charge in [-0.15, -0.1) is 5.10 Å². The molecule has 0 saturated carbocycles. The van der Waals surface area contributed by atoms with Gasteiger partial charge in [0.05, 0.1) is 158 Å². The summed E-state index contributed by atoms with van der Waals surface area (Å²) in [5, 5.41) is 14.0. The molecule has 3 aromatic rings. The Morgan fingerprint density at radius 2 is 1.06 bits per heavy atom. The molecule has 2 aliphatic heterocycles. The molecule has 3 heterocycles. The lowest BCUT2D eigenvalue weighted by atomic mass is 10.0. The average molecular weight is 1090 g/mol. The van der Waals surface area contributed by atoms with Crippen molar-refractivity contribution in [1.29, 1.82) is 0 Å². The molecule has 5 rings (SSSR count). The Balaban J connectivity index is 0.000000355. The van der Waals surface area contributed by atoms with E-state index in [4.69, 9.17) is 56.8 Å². The molecule has 1 aromatic heterocycles. The van der Waals surface area contributed by atoms with Crippen LogP contribution in [0.2, 0.25) is 0 Å². The van der Waals surface area contributed by atoms with E-state index in [1.165, 1.54) is 0 Å². The molecule has 2 N–H and O–H groups in total. The van der Waals surface area contributed by atoms with Gasteiger partial charge in [-0.25, -0.2) is 14.3 Å². The van der Waals surface area contributed by atoms with Crippen LogP contribution in [0.5, 0.6) is 0 Å². The van der Waals surface area contributed by atoms with Crippen LogP contribution in [-0.4, -0.2) is 246 Å². The number of urea groups is 2. The molecule has 434 valence electrons. The van der Waals surface area contributed by atoms with Crippen LogP contribution >= 0.6 is 0 Å². The zero-order chi connectivity index (χ0) is 54.6. The van der Waals surface area contributed by atoms with Crippen molar-refractivity contribution < 1.29 is 71.2 Å². The number of aromatic nitrogens is 3. The van der Waals surface area contributed by atoms with E-state index in [2.05, 4.69) is 40.0 Å². The number of piperidine rings is 1. The fourth-order valence-corrected chi connectivity index (χ4v) is 7.66. The third-order valence-corrected chi connectivity index (χ3v) is 11.9. The Labute approximate surface area is 455 Å². The Morgan fingerprint density at radius 3 is 1.56 bits per heavy atom. The molecule has 23 nitrogen and oxygen atoms in total. The molecule has 2 saturated heterocycles. The van der Waals surface area contributed by atoms with Crippen LogP contribution in [0.1, 0.15) is 38.2 Å². The number of carbonyl (C=O) groups is 3. The van der Waals surface area contributed by atoms with Crippen LogP contribution in [0, 0.1) is 0 Å². The lowest BCUT2D eigenvalue weighted by Crippen LogP contribution is -2.49. The smallest absolute Gasteiger partial charge is 0.321 e. The van der Waals surface area contributed by atoms with Crippen LogP contribution in [0.25, 0.3) is 11.3 Å². The molecule has 2 fully saturated rings. The van der Waals surface area contributed by atoms with Crippen molar-refractivity contribution in [3.05, 3.63) is 66.4 Å². The molecule has 0 spiro atoms. The minimum atomic E-state index is -0.124. The molecule has 0 aliphatic carbocycles. The summed E-state index contributed by atoms with van der Waals surface area (Å²) in [6, 6.07) is 17.8. The van der Waals surface area contributed by atoms with E-state index in [0.717, 1.165) is 61.5 Å². The number of likely N-dealkylation sites (tertiary alicyclic amines) is 1. The first-order valence-electron chi connectivity index (χ1n) is 27.1. The summed E-state index contributed by atoms with van der Waals surface area (Å²) in [6.07, 6.45) is 4.81. The van der Waals surface area contributed by atoms with Gasteiger partial charge in [0.1, 0.15) is 5.69 Å². The molecule has 77 heavy (non-hydrogen) atoms. The minimum absolute atomic E-state index is 0.0317. The predicted octanol–water partition coefficient (Wildman–Crippen LogP) is 4.24. The normalized spacial score (nSPS) is 13.8. The molecular formula is C54H88N8O15. The number of anilines is 1. The lowest BCUT2D eigenvalue weighted by molar-refractivity contribution is -0.121. The predicted molar refractivity (Wildman–Crippen MR) is 288 cm³/mol. The van der Waals surface area contributed by atoms with Gasteiger partial charge in [0, 0.05) is 77.2 Å². The first-order valence-corrected chi connectivity index (χ1v) is 27.1. The lowest BCUT2D eigenvalue weighted by Gasteiger charge is -2.36. The van der Waals surface area contributed by atoms with Crippen molar-refractivity contribution in [2.24, 2.45) is 0 Å². The zero-order valence-corrected chi connectivity index (χ0v) is 46.0. The van der Waals surface area contributed by atoms with Crippen molar-refractivity contribution in [2.75, 3.05) is 198 Å². The van der Waals surface area contributed by atoms with Gasteiger partial charge in [-0.2, -0.15) is 0 Å². The first kappa shape index (κ1) is 64.6. The van der Waals surface area contributed by atoms with Gasteiger partial charge in [-0.05, 0) is 37.0 Å². The summed E-state index contributed by atoms with van der Waals surface area (Å²) in [5.74, 6) is -0.0317. The highest BCUT2D eigenvalue weighted by Gasteiger charge is 2.36. The van der Waals surface area contributed by atoms with E-state index in [9.17, 15) is 14.4 Å². The minimum Gasteiger partial charge on any atom is -0.382 e. The van der Waals surface area contributed by atoms with Crippen molar-refractivity contribution in [3.8, 4) is 11.3 Å². The maximum absolute atomic E-state index is 13.1. The van der Waals surface area contributed by atoms with Gasteiger partial charge >= 0.3 is 12.1 Å². The molecule has 0 atom stereocenters. The van der Waals surface area contributed by atoms with Crippen LogP contribution in [0.15, 0.2) is 60.8 Å². The van der Waals surface area contributed by atoms with Crippen molar-refractivity contribution >= 4 is 23.7 Å². The van der Waals surface area contributed by atoms with E-state index in [-0.39, 0.29) is 24.0 Å². The number of benzene rings is 2. The van der Waals surface area contributed by atoms with Gasteiger partial charge in [0.25, 0.3) is 0 Å². The van der Waals surface area contributed by atoms with E-state index in [0.29, 0.717) is 178 Å². The second-order valence-electron chi connectivity index (χ2n) is 17.6. The third-order valence-electron chi connectivity index (χ3n) is 11.9. The fraction of sp³-hybridized carbons (Fsp3) is 0.685. The summed E-state index contributed by atoms with van der Waals surface area (Å²) >= 11 is 0. The van der Waals surface area contributed by atoms with Gasteiger partial charge in [0.15, 0.2) is 0 Å². The van der Waals surface area contributed by atoms with E-state index >= 15 is 0 Å². The van der Waals surface area contributed by atoms with E-state index < -0.39 is 0 Å². The number of nitrogens with one attached hydrogen (secondary N) is 2. The monoisotopic (exact) mass is 1090 g/mol. The maximum atomic E-state index is 13.1. The summed E-state index contributed by atoms with van der Waals surface area (Å²) in [6.45, 7) is 18.3. The molecule has 5 amide bonds. The Bertz CT molecular complexity index is 1930. The van der Waals surface area contributed by atoms with Crippen molar-refractivity contribution in [3.63, 3.8) is 0 Å². The topological polar surface area (TPSA) is 226 Å². The molecule has 23 heteroatoms. The Hall–Kier alpha value is -4.89. The Morgan fingerprint density at radius 1 is 0.584 bits per heavy atom. The molecular weight excluding hydrogens is 1000 g/mol. The molecule has 2 aromatic carbocycles. The van der Waals surface area contributed by atoms with Gasteiger partial charge < -0.3 is 82.2 Å². The highest BCUT2D eigenvalue weighted by atomic mass is 16.6. The number of hydrogen-bond acceptors (Lipinski definition) is 17. The van der Waals surface area contributed by atoms with Crippen LogP contribution in [-0.2, 0) is 74.7 Å². The number of ether oxygens (including phenoxy) is 12. The summed E-state index contributed by atoms with van der Waals surface area (Å²) in [4.78, 5) is 42.8. The number of methoxy groups -OCH3 is 1. The fourth-order valence-electron chi connectivity index (χ4n) is 7.66. The third kappa shape index (κ3) is 29.6. The van der Waals surface area contributed by atoms with E-state index in [1.807, 2.05) is 63.4 Å². The van der Waals surface area contributed by atoms with Crippen molar-refractivity contribution in [2.45, 2.75) is 51.7 Å². The summed E-state index contributed by atoms with van der Waals surface area (Å²) in [5.41, 5.74) is 3.53. The molecule has 2 aliphatic rings. The van der Waals surface area contributed by atoms with Crippen molar-refractivity contribution in [1.82, 2.24) is 35.0 Å². The second-order valence-corrected chi connectivity index (χ2v) is 17.6. The van der Waals surface area contributed by atoms with Crippen LogP contribution in [0.3, 0.4) is 0 Å². The highest BCUT2D eigenvalue weighted by Crippen LogP contribution is 2.24. The molecule has 0 radical (unpaired) electrons. The first-order chi connectivity index (χ1) is 37.9. The van der Waals surface area contributed by atoms with Crippen LogP contribution in [0.4, 0.5) is 15.3 Å². The van der Waals surface area contributed by atoms with Gasteiger partial charge in [-0.3, -0.25) is 4.79 Å².